The molecular weight excluding hydrogens is 160 g/mol. The molecule has 54 valence electrons. The van der Waals surface area contributed by atoms with Crippen LogP contribution in [0.4, 0.5) is 14.5 Å². The molecule has 1 aromatic carbocycles. The Bertz CT molecular complexity index is 239. The zero-order chi connectivity index (χ0) is 7.72. The van der Waals surface area contributed by atoms with E-state index < -0.39 is 11.6 Å². The van der Waals surface area contributed by atoms with E-state index in [-0.39, 0.29) is 10.7 Å². The van der Waals surface area contributed by atoms with E-state index in [2.05, 4.69) is 0 Å². The molecule has 0 radical (unpaired) electrons. The van der Waals surface area contributed by atoms with Crippen LogP contribution in [0.2, 0.25) is 5.02 Å². The second-order valence-corrected chi connectivity index (χ2v) is 2.19. The van der Waals surface area contributed by atoms with Crippen molar-refractivity contribution in [1.82, 2.24) is 0 Å². The quantitative estimate of drug-likeness (QED) is 0.583. The van der Waals surface area contributed by atoms with Crippen molar-refractivity contribution in [1.29, 1.82) is 0 Å². The van der Waals surface area contributed by atoms with Crippen molar-refractivity contribution in [3.8, 4) is 0 Å². The molecule has 0 aliphatic heterocycles. The highest BCUT2D eigenvalue weighted by molar-refractivity contribution is 6.33. The van der Waals surface area contributed by atoms with Crippen LogP contribution in [0.25, 0.3) is 0 Å². The molecule has 0 saturated heterocycles. The van der Waals surface area contributed by atoms with Crippen molar-refractivity contribution < 1.29 is 8.78 Å². The third kappa shape index (κ3) is 1.19. The van der Waals surface area contributed by atoms with E-state index in [1.54, 1.807) is 0 Å². The third-order valence-electron chi connectivity index (χ3n) is 1.04. The fraction of sp³-hybridized carbons (Fsp3) is 0. The van der Waals surface area contributed by atoms with Gasteiger partial charge in [-0.05, 0) is 6.07 Å². The van der Waals surface area contributed by atoms with Gasteiger partial charge in [0.1, 0.15) is 5.82 Å². The van der Waals surface area contributed by atoms with E-state index in [9.17, 15) is 8.78 Å². The summed E-state index contributed by atoms with van der Waals surface area (Å²) < 4.78 is 24.6. The maximum Gasteiger partial charge on any atom is 0.150 e. The minimum atomic E-state index is -0.829. The van der Waals surface area contributed by atoms with Crippen LogP contribution in [0.15, 0.2) is 12.1 Å². The van der Waals surface area contributed by atoms with Crippen molar-refractivity contribution in [2.24, 2.45) is 0 Å². The molecule has 0 aliphatic carbocycles. The van der Waals surface area contributed by atoms with Crippen molar-refractivity contribution >= 4 is 17.3 Å². The summed E-state index contributed by atoms with van der Waals surface area (Å²) in [6.07, 6.45) is 0. The molecule has 0 amide bonds. The highest BCUT2D eigenvalue weighted by Crippen LogP contribution is 2.22. The number of hydrogen-bond donors (Lipinski definition) is 1. The van der Waals surface area contributed by atoms with E-state index in [1.807, 2.05) is 0 Å². The van der Waals surface area contributed by atoms with Crippen molar-refractivity contribution in [2.75, 3.05) is 5.73 Å². The molecule has 1 rings (SSSR count). The molecule has 0 aliphatic rings. The van der Waals surface area contributed by atoms with Crippen LogP contribution in [-0.4, -0.2) is 0 Å². The Morgan fingerprint density at radius 2 is 1.90 bits per heavy atom. The van der Waals surface area contributed by atoms with Crippen LogP contribution in [0.3, 0.4) is 0 Å². The summed E-state index contributed by atoms with van der Waals surface area (Å²) in [6, 6.07) is 1.64. The van der Waals surface area contributed by atoms with E-state index in [1.165, 1.54) is 0 Å². The lowest BCUT2D eigenvalue weighted by molar-refractivity contribution is 0.586. The molecule has 10 heavy (non-hydrogen) atoms. The maximum atomic E-state index is 12.4. The standard InChI is InChI=1S/C6H4ClF2N/c7-4-1-3(8)2-5(9)6(4)10/h1-2H,10H2. The molecule has 0 aromatic heterocycles. The highest BCUT2D eigenvalue weighted by atomic mass is 35.5. The van der Waals surface area contributed by atoms with Crippen LogP contribution >= 0.6 is 11.6 Å². The molecule has 4 heteroatoms. The molecule has 0 fully saturated rings. The summed E-state index contributed by atoms with van der Waals surface area (Å²) in [6.45, 7) is 0. The van der Waals surface area contributed by atoms with Gasteiger partial charge in [-0.2, -0.15) is 0 Å². The minimum absolute atomic E-state index is 0.0995. The number of hydrogen-bond acceptors (Lipinski definition) is 1. The molecule has 1 aromatic rings. The zero-order valence-corrected chi connectivity index (χ0v) is 5.62. The van der Waals surface area contributed by atoms with Gasteiger partial charge < -0.3 is 5.73 Å². The van der Waals surface area contributed by atoms with E-state index >= 15 is 0 Å². The average molecular weight is 164 g/mol. The Morgan fingerprint density at radius 3 is 2.40 bits per heavy atom. The lowest BCUT2D eigenvalue weighted by Crippen LogP contribution is -1.92. The largest absolute Gasteiger partial charge is 0.395 e. The van der Waals surface area contributed by atoms with Crippen LogP contribution in [0, 0.1) is 11.6 Å². The average Bonchev–Trinajstić information content (AvgIpc) is 1.82. The minimum Gasteiger partial charge on any atom is -0.395 e. The highest BCUT2D eigenvalue weighted by Gasteiger charge is 2.04. The van der Waals surface area contributed by atoms with Crippen LogP contribution in [-0.2, 0) is 0 Å². The van der Waals surface area contributed by atoms with Gasteiger partial charge in [-0.25, -0.2) is 8.78 Å². The summed E-state index contributed by atoms with van der Waals surface area (Å²) in [7, 11) is 0. The Labute approximate surface area is 61.4 Å². The Hall–Kier alpha value is -0.830. The molecule has 2 N–H and O–H groups in total. The van der Waals surface area contributed by atoms with Crippen LogP contribution < -0.4 is 5.73 Å². The smallest absolute Gasteiger partial charge is 0.150 e. The second kappa shape index (κ2) is 2.42. The number of rotatable bonds is 0. The summed E-state index contributed by atoms with van der Waals surface area (Å²) in [5, 5.41) is -0.0995. The van der Waals surface area contributed by atoms with Gasteiger partial charge in [-0.3, -0.25) is 0 Å². The number of nitrogens with two attached hydrogens (primary N) is 1. The normalized spacial score (nSPS) is 9.90. The molecule has 0 saturated carbocycles. The number of anilines is 1. The third-order valence-corrected chi connectivity index (χ3v) is 1.36. The van der Waals surface area contributed by atoms with Gasteiger partial charge in [0.2, 0.25) is 0 Å². The van der Waals surface area contributed by atoms with Crippen LogP contribution in [0.5, 0.6) is 0 Å². The van der Waals surface area contributed by atoms with E-state index in [0.29, 0.717) is 6.07 Å². The van der Waals surface area contributed by atoms with Gasteiger partial charge in [-0.1, -0.05) is 11.6 Å². The first-order valence-electron chi connectivity index (χ1n) is 2.51. The predicted molar refractivity (Wildman–Crippen MR) is 35.8 cm³/mol. The number of nitrogen functional groups attached to an aromatic ring is 1. The molecule has 1 nitrogen and oxygen atoms in total. The van der Waals surface area contributed by atoms with Gasteiger partial charge in [0.05, 0.1) is 10.7 Å². The fourth-order valence-corrected chi connectivity index (χ4v) is 0.748. The number of halogens is 3. The Kier molecular flexibility index (Phi) is 1.76. The first kappa shape index (κ1) is 7.28. The first-order valence-corrected chi connectivity index (χ1v) is 2.89. The van der Waals surface area contributed by atoms with Gasteiger partial charge in [0.15, 0.2) is 5.82 Å². The molecule has 0 unspecified atom stereocenters. The lowest BCUT2D eigenvalue weighted by Gasteiger charge is -1.97. The summed E-state index contributed by atoms with van der Waals surface area (Å²) in [5.41, 5.74) is 4.86. The summed E-state index contributed by atoms with van der Waals surface area (Å²) in [5.74, 6) is -1.55. The van der Waals surface area contributed by atoms with Crippen molar-refractivity contribution in [2.45, 2.75) is 0 Å². The van der Waals surface area contributed by atoms with E-state index in [4.69, 9.17) is 17.3 Å². The second-order valence-electron chi connectivity index (χ2n) is 1.78. The molecular formula is C6H4ClF2N. The monoisotopic (exact) mass is 163 g/mol. The SMILES string of the molecule is Nc1c(F)cc(F)cc1Cl. The predicted octanol–water partition coefficient (Wildman–Crippen LogP) is 2.20. The maximum absolute atomic E-state index is 12.4. The van der Waals surface area contributed by atoms with Gasteiger partial charge in [0.25, 0.3) is 0 Å². The van der Waals surface area contributed by atoms with Gasteiger partial charge in [-0.15, -0.1) is 0 Å². The Morgan fingerprint density at radius 1 is 1.30 bits per heavy atom. The zero-order valence-electron chi connectivity index (χ0n) is 4.87. The van der Waals surface area contributed by atoms with E-state index in [0.717, 1.165) is 6.07 Å². The van der Waals surface area contributed by atoms with Gasteiger partial charge in [0, 0.05) is 6.07 Å². The van der Waals surface area contributed by atoms with Crippen molar-refractivity contribution in [3.05, 3.63) is 28.8 Å². The molecule has 0 atom stereocenters. The summed E-state index contributed by atoms with van der Waals surface area (Å²) in [4.78, 5) is 0. The van der Waals surface area contributed by atoms with Gasteiger partial charge >= 0.3 is 0 Å². The molecule has 0 bridgehead atoms. The first-order chi connectivity index (χ1) is 4.61. The molecule has 0 spiro atoms. The molecule has 0 heterocycles. The Balaban J connectivity index is 3.31. The fourth-order valence-electron chi connectivity index (χ4n) is 0.553. The lowest BCUT2D eigenvalue weighted by atomic mass is 10.3. The van der Waals surface area contributed by atoms with Crippen LogP contribution in [0.1, 0.15) is 0 Å². The summed E-state index contributed by atoms with van der Waals surface area (Å²) >= 11 is 5.31. The topological polar surface area (TPSA) is 26.0 Å². The van der Waals surface area contributed by atoms with Crippen molar-refractivity contribution in [3.63, 3.8) is 0 Å². The number of benzene rings is 1.